The zero-order valence-electron chi connectivity index (χ0n) is 10.1. The van der Waals surface area contributed by atoms with Crippen LogP contribution in [0, 0.1) is 10.1 Å². The quantitative estimate of drug-likeness (QED) is 0.451. The Balaban J connectivity index is 2.59. The topological polar surface area (TPSA) is 55.2 Å². The molecule has 0 spiro atoms. The van der Waals surface area contributed by atoms with E-state index in [9.17, 15) is 23.3 Å². The molecule has 0 saturated heterocycles. The fraction of sp³-hybridized carbons (Fsp3) is 0.455. The van der Waals surface area contributed by atoms with E-state index in [0.29, 0.717) is 0 Å². The van der Waals surface area contributed by atoms with Gasteiger partial charge in [0, 0.05) is 19.0 Å². The summed E-state index contributed by atoms with van der Waals surface area (Å²) < 4.78 is 35.8. The second-order valence-electron chi connectivity index (χ2n) is 4.04. The van der Waals surface area contributed by atoms with E-state index in [-0.39, 0.29) is 40.8 Å². The third-order valence-electron chi connectivity index (χ3n) is 2.44. The van der Waals surface area contributed by atoms with Crippen LogP contribution in [0.5, 0.6) is 0 Å². The van der Waals surface area contributed by atoms with Crippen molar-refractivity contribution in [2.24, 2.45) is 0 Å². The van der Waals surface area contributed by atoms with Crippen molar-refractivity contribution in [1.82, 2.24) is 0 Å². The van der Waals surface area contributed by atoms with Crippen LogP contribution in [0.3, 0.4) is 0 Å². The molecule has 0 heterocycles. The number of nitrogens with one attached hydrogen (secondary N) is 1. The van der Waals surface area contributed by atoms with E-state index in [2.05, 4.69) is 5.32 Å². The number of rotatable bonds is 6. The Morgan fingerprint density at radius 1 is 1.20 bits per heavy atom. The molecule has 0 aromatic heterocycles. The standard InChI is InChI=1S/C11H11Cl2F3N2O2/c12-7-5-9(10(18(19)20)6-8(7)13)17-4-2-1-3-11(14,15)16/h5-6,17H,1-4H2. The second kappa shape index (κ2) is 6.99. The average Bonchev–Trinajstić information content (AvgIpc) is 2.31. The molecule has 4 nitrogen and oxygen atoms in total. The number of unbranched alkanes of at least 4 members (excludes halogenated alkanes) is 1. The van der Waals surface area contributed by atoms with Crippen molar-refractivity contribution in [3.8, 4) is 0 Å². The SMILES string of the molecule is O=[N+]([O-])c1cc(Cl)c(Cl)cc1NCCCCC(F)(F)F. The third-order valence-corrected chi connectivity index (χ3v) is 3.16. The maximum absolute atomic E-state index is 11.9. The molecule has 1 rings (SSSR count). The summed E-state index contributed by atoms with van der Waals surface area (Å²) in [5, 5.41) is 13.7. The number of alkyl halides is 3. The molecule has 0 atom stereocenters. The van der Waals surface area contributed by atoms with Crippen molar-refractivity contribution in [2.45, 2.75) is 25.4 Å². The van der Waals surface area contributed by atoms with E-state index in [1.807, 2.05) is 0 Å². The first kappa shape index (κ1) is 16.8. The van der Waals surface area contributed by atoms with Gasteiger partial charge < -0.3 is 5.32 Å². The molecule has 0 aliphatic heterocycles. The zero-order chi connectivity index (χ0) is 15.3. The summed E-state index contributed by atoms with van der Waals surface area (Å²) in [5.74, 6) is 0. The van der Waals surface area contributed by atoms with Crippen molar-refractivity contribution in [3.05, 3.63) is 32.3 Å². The first-order valence-corrected chi connectivity index (χ1v) is 6.40. The molecule has 0 amide bonds. The molecule has 1 aromatic carbocycles. The summed E-state index contributed by atoms with van der Waals surface area (Å²) >= 11 is 11.4. The van der Waals surface area contributed by atoms with E-state index in [1.165, 1.54) is 6.07 Å². The van der Waals surface area contributed by atoms with Crippen LogP contribution in [0.15, 0.2) is 12.1 Å². The highest BCUT2D eigenvalue weighted by Crippen LogP contribution is 2.34. The lowest BCUT2D eigenvalue weighted by Crippen LogP contribution is -2.09. The van der Waals surface area contributed by atoms with Gasteiger partial charge in [-0.05, 0) is 18.9 Å². The molecule has 112 valence electrons. The molecule has 1 aromatic rings. The van der Waals surface area contributed by atoms with Gasteiger partial charge in [-0.15, -0.1) is 0 Å². The summed E-state index contributed by atoms with van der Waals surface area (Å²) in [6.07, 6.45) is -4.88. The van der Waals surface area contributed by atoms with Crippen molar-refractivity contribution in [2.75, 3.05) is 11.9 Å². The van der Waals surface area contributed by atoms with Crippen molar-refractivity contribution >= 4 is 34.6 Å². The van der Waals surface area contributed by atoms with Crippen molar-refractivity contribution in [3.63, 3.8) is 0 Å². The molecule has 20 heavy (non-hydrogen) atoms. The van der Waals surface area contributed by atoms with Gasteiger partial charge in [-0.3, -0.25) is 10.1 Å². The van der Waals surface area contributed by atoms with Gasteiger partial charge in [0.2, 0.25) is 0 Å². The highest BCUT2D eigenvalue weighted by Gasteiger charge is 2.25. The first-order chi connectivity index (χ1) is 9.20. The average molecular weight is 331 g/mol. The first-order valence-electron chi connectivity index (χ1n) is 5.65. The monoisotopic (exact) mass is 330 g/mol. The summed E-state index contributed by atoms with van der Waals surface area (Å²) in [6.45, 7) is 0.175. The Bertz CT molecular complexity index is 495. The van der Waals surface area contributed by atoms with Crippen LogP contribution in [-0.2, 0) is 0 Å². The Hall–Kier alpha value is -1.21. The molecule has 0 fully saturated rings. The zero-order valence-corrected chi connectivity index (χ0v) is 11.6. The fourth-order valence-corrected chi connectivity index (χ4v) is 1.82. The minimum absolute atomic E-state index is 0.0426. The number of anilines is 1. The smallest absolute Gasteiger partial charge is 0.379 e. The summed E-state index contributed by atoms with van der Waals surface area (Å²) in [5.41, 5.74) is -0.133. The number of halogens is 5. The van der Waals surface area contributed by atoms with Crippen LogP contribution in [0.4, 0.5) is 24.5 Å². The number of hydrogen-bond donors (Lipinski definition) is 1. The molecule has 0 saturated carbocycles. The molecular formula is C11H11Cl2F3N2O2. The van der Waals surface area contributed by atoms with Gasteiger partial charge in [-0.1, -0.05) is 23.2 Å². The third kappa shape index (κ3) is 5.42. The van der Waals surface area contributed by atoms with Crippen molar-refractivity contribution < 1.29 is 18.1 Å². The van der Waals surface area contributed by atoms with Crippen LogP contribution in [-0.4, -0.2) is 17.6 Å². The highest BCUT2D eigenvalue weighted by molar-refractivity contribution is 6.42. The van der Waals surface area contributed by atoms with E-state index < -0.39 is 17.5 Å². The Morgan fingerprint density at radius 2 is 1.80 bits per heavy atom. The largest absolute Gasteiger partial charge is 0.389 e. The van der Waals surface area contributed by atoms with Gasteiger partial charge in [0.05, 0.1) is 15.0 Å². The fourth-order valence-electron chi connectivity index (χ4n) is 1.50. The van der Waals surface area contributed by atoms with Crippen LogP contribution < -0.4 is 5.32 Å². The van der Waals surface area contributed by atoms with Gasteiger partial charge in [0.15, 0.2) is 0 Å². The number of nitro groups is 1. The number of benzene rings is 1. The van der Waals surface area contributed by atoms with Gasteiger partial charge >= 0.3 is 6.18 Å². The normalized spacial score (nSPS) is 11.4. The predicted octanol–water partition coefficient (Wildman–Crippen LogP) is 5.05. The molecular weight excluding hydrogens is 320 g/mol. The minimum atomic E-state index is -4.18. The Kier molecular flexibility index (Phi) is 5.88. The highest BCUT2D eigenvalue weighted by atomic mass is 35.5. The maximum Gasteiger partial charge on any atom is 0.389 e. The number of nitrogens with zero attached hydrogens (tertiary/aromatic N) is 1. The molecule has 0 radical (unpaired) electrons. The molecule has 1 N–H and O–H groups in total. The summed E-state index contributed by atoms with van der Waals surface area (Å²) in [7, 11) is 0. The molecule has 9 heteroatoms. The molecule has 0 bridgehead atoms. The lowest BCUT2D eigenvalue weighted by atomic mass is 10.2. The van der Waals surface area contributed by atoms with E-state index in [0.717, 1.165) is 6.07 Å². The molecule has 0 aliphatic rings. The van der Waals surface area contributed by atoms with Gasteiger partial charge in [0.1, 0.15) is 5.69 Å². The Labute approximate surface area is 123 Å². The number of nitro benzene ring substituents is 1. The van der Waals surface area contributed by atoms with Crippen LogP contribution in [0.1, 0.15) is 19.3 Å². The van der Waals surface area contributed by atoms with Crippen LogP contribution in [0.25, 0.3) is 0 Å². The van der Waals surface area contributed by atoms with Crippen LogP contribution >= 0.6 is 23.2 Å². The van der Waals surface area contributed by atoms with E-state index in [1.54, 1.807) is 0 Å². The Morgan fingerprint density at radius 3 is 2.35 bits per heavy atom. The lowest BCUT2D eigenvalue weighted by molar-refractivity contribution is -0.383. The number of hydrogen-bond acceptors (Lipinski definition) is 3. The van der Waals surface area contributed by atoms with Gasteiger partial charge in [-0.25, -0.2) is 0 Å². The summed E-state index contributed by atoms with van der Waals surface area (Å²) in [4.78, 5) is 10.2. The molecule has 0 unspecified atom stereocenters. The second-order valence-corrected chi connectivity index (χ2v) is 4.85. The maximum atomic E-state index is 11.9. The van der Waals surface area contributed by atoms with E-state index in [4.69, 9.17) is 23.2 Å². The summed E-state index contributed by atoms with van der Waals surface area (Å²) in [6, 6.07) is 2.38. The lowest BCUT2D eigenvalue weighted by Gasteiger charge is -2.09. The van der Waals surface area contributed by atoms with Crippen molar-refractivity contribution in [1.29, 1.82) is 0 Å². The predicted molar refractivity (Wildman–Crippen MR) is 71.5 cm³/mol. The van der Waals surface area contributed by atoms with E-state index >= 15 is 0 Å². The minimum Gasteiger partial charge on any atom is -0.379 e. The van der Waals surface area contributed by atoms with Gasteiger partial charge in [-0.2, -0.15) is 13.2 Å². The van der Waals surface area contributed by atoms with Crippen LogP contribution in [0.2, 0.25) is 10.0 Å². The molecule has 0 aliphatic carbocycles. The van der Waals surface area contributed by atoms with Gasteiger partial charge in [0.25, 0.3) is 5.69 Å².